The van der Waals surface area contributed by atoms with Crippen LogP contribution < -0.4 is 5.32 Å². The molecule has 1 atom stereocenters. The number of nitrogens with one attached hydrogen (secondary N) is 1. The van der Waals surface area contributed by atoms with Gasteiger partial charge in [-0.25, -0.2) is 9.97 Å². The van der Waals surface area contributed by atoms with Gasteiger partial charge in [0.15, 0.2) is 5.82 Å². The Kier molecular flexibility index (Phi) is 6.04. The van der Waals surface area contributed by atoms with E-state index in [-0.39, 0.29) is 6.17 Å². The fourth-order valence-corrected chi connectivity index (χ4v) is 8.07. The first-order valence-electron chi connectivity index (χ1n) is 15.9. The number of fused-ring (bicyclic) bond motifs is 7. The molecule has 0 saturated carbocycles. The van der Waals surface area contributed by atoms with E-state index in [9.17, 15) is 0 Å². The lowest BCUT2D eigenvalue weighted by molar-refractivity contribution is 0.620. The van der Waals surface area contributed by atoms with Gasteiger partial charge in [0.1, 0.15) is 17.3 Å². The molecule has 6 aromatic carbocycles. The fourth-order valence-electron chi connectivity index (χ4n) is 6.86. The minimum absolute atomic E-state index is 0.223. The molecule has 226 valence electrons. The molecular formula is C42H26N4OS. The minimum Gasteiger partial charge on any atom is -0.456 e. The van der Waals surface area contributed by atoms with Crippen LogP contribution >= 0.6 is 11.3 Å². The number of benzene rings is 6. The molecule has 4 heterocycles. The topological polar surface area (TPSA) is 63.3 Å². The summed E-state index contributed by atoms with van der Waals surface area (Å²) in [5.74, 6) is 0.741. The Labute approximate surface area is 279 Å². The molecule has 0 saturated heterocycles. The highest BCUT2D eigenvalue weighted by molar-refractivity contribution is 7.26. The number of allylic oxidation sites excluding steroid dienone is 1. The molecule has 0 aliphatic carbocycles. The van der Waals surface area contributed by atoms with Gasteiger partial charge in [-0.2, -0.15) is 0 Å². The van der Waals surface area contributed by atoms with Gasteiger partial charge in [-0.15, -0.1) is 11.3 Å². The van der Waals surface area contributed by atoms with Gasteiger partial charge in [0.05, 0.1) is 0 Å². The third kappa shape index (κ3) is 4.34. The second-order valence-electron chi connectivity index (χ2n) is 12.1. The van der Waals surface area contributed by atoms with Crippen LogP contribution in [-0.4, -0.2) is 16.2 Å². The Morgan fingerprint density at radius 2 is 1.38 bits per heavy atom. The van der Waals surface area contributed by atoms with E-state index in [1.54, 1.807) is 11.3 Å². The monoisotopic (exact) mass is 634 g/mol. The number of rotatable bonds is 4. The van der Waals surface area contributed by atoms with Crippen LogP contribution in [0.4, 0.5) is 0 Å². The average Bonchev–Trinajstić information content (AvgIpc) is 3.73. The summed E-state index contributed by atoms with van der Waals surface area (Å²) in [6, 6.07) is 42.4. The number of aliphatic imine (C=N–C) groups is 1. The van der Waals surface area contributed by atoms with E-state index >= 15 is 0 Å². The SMILES string of the molecule is C1=NC(c2cccc3c2oc2ccccc23)NC=C1c1ccc2ccc(-c3cnc(-c4cccc5c4sc4ccccc45)nc3)cc2c1. The van der Waals surface area contributed by atoms with Crippen LogP contribution in [0.2, 0.25) is 0 Å². The van der Waals surface area contributed by atoms with Crippen molar-refractivity contribution >= 4 is 76.0 Å². The van der Waals surface area contributed by atoms with Gasteiger partial charge in [0.25, 0.3) is 0 Å². The zero-order valence-electron chi connectivity index (χ0n) is 25.6. The molecule has 3 aromatic heterocycles. The predicted octanol–water partition coefficient (Wildman–Crippen LogP) is 10.9. The molecule has 0 spiro atoms. The second-order valence-corrected chi connectivity index (χ2v) is 13.2. The molecule has 1 aliphatic rings. The maximum Gasteiger partial charge on any atom is 0.160 e. The number of hydrogen-bond donors (Lipinski definition) is 1. The van der Waals surface area contributed by atoms with Crippen LogP contribution in [0.5, 0.6) is 0 Å². The van der Waals surface area contributed by atoms with Crippen molar-refractivity contribution in [3.63, 3.8) is 0 Å². The molecule has 6 heteroatoms. The van der Waals surface area contributed by atoms with Gasteiger partial charge in [-0.3, -0.25) is 4.99 Å². The largest absolute Gasteiger partial charge is 0.456 e. The third-order valence-electron chi connectivity index (χ3n) is 9.29. The van der Waals surface area contributed by atoms with Crippen LogP contribution in [0.1, 0.15) is 17.3 Å². The number of furan rings is 1. The summed E-state index contributed by atoms with van der Waals surface area (Å²) in [6.07, 6.45) is 7.65. The molecule has 1 aliphatic heterocycles. The smallest absolute Gasteiger partial charge is 0.160 e. The maximum atomic E-state index is 6.26. The minimum atomic E-state index is -0.223. The van der Waals surface area contributed by atoms with E-state index in [1.807, 2.05) is 43.0 Å². The lowest BCUT2D eigenvalue weighted by Crippen LogP contribution is -2.18. The van der Waals surface area contributed by atoms with E-state index in [4.69, 9.17) is 19.4 Å². The van der Waals surface area contributed by atoms with E-state index in [0.717, 1.165) is 66.5 Å². The highest BCUT2D eigenvalue weighted by atomic mass is 32.1. The van der Waals surface area contributed by atoms with Crippen molar-refractivity contribution in [2.24, 2.45) is 4.99 Å². The normalized spacial score (nSPS) is 14.7. The molecule has 5 nitrogen and oxygen atoms in total. The van der Waals surface area contributed by atoms with Crippen LogP contribution in [0.3, 0.4) is 0 Å². The molecule has 1 N–H and O–H groups in total. The number of para-hydroxylation sites is 2. The van der Waals surface area contributed by atoms with Crippen LogP contribution in [-0.2, 0) is 0 Å². The fraction of sp³-hybridized carbons (Fsp3) is 0.0238. The van der Waals surface area contributed by atoms with E-state index in [0.29, 0.717) is 0 Å². The Bertz CT molecular complexity index is 2770. The molecule has 9 aromatic rings. The number of nitrogens with zero attached hydrogens (tertiary/aromatic N) is 3. The van der Waals surface area contributed by atoms with Gasteiger partial charge in [0, 0.05) is 78.0 Å². The van der Waals surface area contributed by atoms with E-state index in [2.05, 4.69) is 108 Å². The van der Waals surface area contributed by atoms with Gasteiger partial charge < -0.3 is 9.73 Å². The summed E-state index contributed by atoms with van der Waals surface area (Å²) in [7, 11) is 0. The quantitative estimate of drug-likeness (QED) is 0.209. The number of aromatic nitrogens is 2. The van der Waals surface area contributed by atoms with Gasteiger partial charge in [0.2, 0.25) is 0 Å². The predicted molar refractivity (Wildman–Crippen MR) is 199 cm³/mol. The van der Waals surface area contributed by atoms with Crippen molar-refractivity contribution in [2.45, 2.75) is 6.17 Å². The first kappa shape index (κ1) is 27.0. The molecule has 0 radical (unpaired) electrons. The Hall–Kier alpha value is -6.11. The Balaban J connectivity index is 0.934. The van der Waals surface area contributed by atoms with Crippen molar-refractivity contribution in [3.8, 4) is 22.5 Å². The third-order valence-corrected chi connectivity index (χ3v) is 10.5. The summed E-state index contributed by atoms with van der Waals surface area (Å²) in [5, 5.41) is 10.6. The summed E-state index contributed by atoms with van der Waals surface area (Å²) in [4.78, 5) is 14.6. The average molecular weight is 635 g/mol. The molecule has 0 amide bonds. The van der Waals surface area contributed by atoms with Crippen LogP contribution in [0.25, 0.3) is 81.0 Å². The highest BCUT2D eigenvalue weighted by Crippen LogP contribution is 2.39. The summed E-state index contributed by atoms with van der Waals surface area (Å²) in [5.41, 5.74) is 8.03. The molecule has 1 unspecified atom stereocenters. The Morgan fingerprint density at radius 3 is 2.25 bits per heavy atom. The molecule has 0 fully saturated rings. The van der Waals surface area contributed by atoms with Crippen LogP contribution in [0, 0.1) is 0 Å². The molecular weight excluding hydrogens is 609 g/mol. The van der Waals surface area contributed by atoms with E-state index < -0.39 is 0 Å². The van der Waals surface area contributed by atoms with Gasteiger partial charge in [-0.05, 0) is 52.2 Å². The first-order valence-corrected chi connectivity index (χ1v) is 16.8. The molecule has 10 rings (SSSR count). The van der Waals surface area contributed by atoms with E-state index in [1.165, 1.54) is 25.6 Å². The first-order chi connectivity index (χ1) is 23.8. The second kappa shape index (κ2) is 10.7. The summed E-state index contributed by atoms with van der Waals surface area (Å²) < 4.78 is 8.75. The zero-order chi connectivity index (χ0) is 31.6. The van der Waals surface area contributed by atoms with Crippen molar-refractivity contribution in [1.82, 2.24) is 15.3 Å². The van der Waals surface area contributed by atoms with Crippen molar-refractivity contribution in [3.05, 3.63) is 151 Å². The van der Waals surface area contributed by atoms with Crippen molar-refractivity contribution < 1.29 is 4.42 Å². The maximum absolute atomic E-state index is 6.26. The lowest BCUT2D eigenvalue weighted by Gasteiger charge is -2.19. The van der Waals surface area contributed by atoms with Crippen molar-refractivity contribution in [2.75, 3.05) is 0 Å². The van der Waals surface area contributed by atoms with Crippen LogP contribution in [0.15, 0.2) is 149 Å². The zero-order valence-corrected chi connectivity index (χ0v) is 26.4. The van der Waals surface area contributed by atoms with Crippen molar-refractivity contribution in [1.29, 1.82) is 0 Å². The molecule has 48 heavy (non-hydrogen) atoms. The van der Waals surface area contributed by atoms with Gasteiger partial charge >= 0.3 is 0 Å². The number of hydrogen-bond acceptors (Lipinski definition) is 6. The molecule has 0 bridgehead atoms. The standard InChI is InChI=1S/C42H26N4OS/c1-3-13-37-31(7-1)33-9-5-11-35(39(33)47-37)41-43-21-29(22-44-41)26-17-15-25-16-18-27(20-28(25)19-26)30-23-45-42(46-24-30)36-12-6-10-34-32-8-2-4-14-38(32)48-40(34)36/h1-24,41,43H. The number of thiophene rings is 1. The van der Waals surface area contributed by atoms with Gasteiger partial charge in [-0.1, -0.05) is 91.0 Å². The summed E-state index contributed by atoms with van der Waals surface area (Å²) >= 11 is 1.80. The lowest BCUT2D eigenvalue weighted by atomic mass is 9.98. The highest BCUT2D eigenvalue weighted by Gasteiger charge is 2.19. The Morgan fingerprint density at radius 1 is 0.625 bits per heavy atom. The summed E-state index contributed by atoms with van der Waals surface area (Å²) in [6.45, 7) is 0.